The molecule has 0 saturated heterocycles. The van der Waals surface area contributed by atoms with Crippen molar-refractivity contribution in [3.05, 3.63) is 33.9 Å². The van der Waals surface area contributed by atoms with Crippen molar-refractivity contribution in [3.8, 4) is 6.07 Å². The molecule has 0 aromatic heterocycles. The van der Waals surface area contributed by atoms with Crippen molar-refractivity contribution >= 4 is 11.4 Å². The number of hydrogen-bond donors (Lipinski definition) is 1. The molecule has 1 aromatic rings. The van der Waals surface area contributed by atoms with Crippen LogP contribution in [0.25, 0.3) is 0 Å². The Balaban J connectivity index is 2.09. The molecule has 1 aliphatic carbocycles. The van der Waals surface area contributed by atoms with Gasteiger partial charge in [-0.2, -0.15) is 5.26 Å². The lowest BCUT2D eigenvalue weighted by molar-refractivity contribution is -0.384. The summed E-state index contributed by atoms with van der Waals surface area (Å²) in [7, 11) is 4.09. The van der Waals surface area contributed by atoms with Gasteiger partial charge in [0.15, 0.2) is 0 Å². The van der Waals surface area contributed by atoms with Crippen LogP contribution in [-0.2, 0) is 0 Å². The predicted octanol–water partition coefficient (Wildman–Crippen LogP) is 2.22. The highest BCUT2D eigenvalue weighted by Crippen LogP contribution is 2.34. The molecular weight excluding hydrogens is 256 g/mol. The molecule has 1 aromatic carbocycles. The van der Waals surface area contributed by atoms with Gasteiger partial charge in [-0.25, -0.2) is 0 Å². The normalized spacial score (nSPS) is 15.7. The van der Waals surface area contributed by atoms with E-state index in [2.05, 4.69) is 10.2 Å². The first kappa shape index (κ1) is 14.3. The first-order valence-corrected chi connectivity index (χ1v) is 6.61. The highest BCUT2D eigenvalue weighted by Gasteiger charge is 2.32. The predicted molar refractivity (Wildman–Crippen MR) is 76.5 cm³/mol. The SMILES string of the molecule is CN(C)C(CNc1ccc([N+](=O)[O-])cc1C#N)C1CC1. The fourth-order valence-corrected chi connectivity index (χ4v) is 2.36. The number of benzene rings is 1. The maximum absolute atomic E-state index is 10.7. The molecule has 0 bridgehead atoms. The average Bonchev–Trinajstić information content (AvgIpc) is 3.23. The van der Waals surface area contributed by atoms with E-state index < -0.39 is 4.92 Å². The number of nitro groups is 1. The number of nitrogens with one attached hydrogen (secondary N) is 1. The highest BCUT2D eigenvalue weighted by atomic mass is 16.6. The fraction of sp³-hybridized carbons (Fsp3) is 0.500. The Kier molecular flexibility index (Phi) is 4.20. The maximum atomic E-state index is 10.7. The lowest BCUT2D eigenvalue weighted by Crippen LogP contribution is -2.36. The molecule has 1 fully saturated rings. The number of nitrogens with zero attached hydrogens (tertiary/aromatic N) is 3. The first-order chi connectivity index (χ1) is 9.52. The third-order valence-electron chi connectivity index (χ3n) is 3.67. The van der Waals surface area contributed by atoms with Gasteiger partial charge in [-0.1, -0.05) is 0 Å². The van der Waals surface area contributed by atoms with E-state index in [0.717, 1.165) is 6.54 Å². The minimum Gasteiger partial charge on any atom is -0.382 e. The highest BCUT2D eigenvalue weighted by molar-refractivity contribution is 5.61. The first-order valence-electron chi connectivity index (χ1n) is 6.61. The van der Waals surface area contributed by atoms with E-state index in [1.165, 1.54) is 25.0 Å². The summed E-state index contributed by atoms with van der Waals surface area (Å²) in [5, 5.41) is 23.0. The van der Waals surface area contributed by atoms with Crippen molar-refractivity contribution in [2.24, 2.45) is 5.92 Å². The van der Waals surface area contributed by atoms with Crippen LogP contribution in [0.2, 0.25) is 0 Å². The summed E-state index contributed by atoms with van der Waals surface area (Å²) < 4.78 is 0. The molecule has 0 aliphatic heterocycles. The molecule has 20 heavy (non-hydrogen) atoms. The molecule has 1 unspecified atom stereocenters. The Hall–Kier alpha value is -2.13. The molecule has 1 saturated carbocycles. The van der Waals surface area contributed by atoms with Gasteiger partial charge >= 0.3 is 0 Å². The summed E-state index contributed by atoms with van der Waals surface area (Å²) in [5.41, 5.74) is 0.913. The lowest BCUT2D eigenvalue weighted by atomic mass is 10.1. The summed E-state index contributed by atoms with van der Waals surface area (Å²) in [5.74, 6) is 0.709. The summed E-state index contributed by atoms with van der Waals surface area (Å²) in [6.45, 7) is 0.740. The van der Waals surface area contributed by atoms with Gasteiger partial charge in [0, 0.05) is 24.7 Å². The number of non-ortho nitro benzene ring substituents is 1. The number of likely N-dealkylation sites (N-methyl/N-ethyl adjacent to an activating group) is 1. The van der Waals surface area contributed by atoms with Gasteiger partial charge < -0.3 is 10.2 Å². The third-order valence-corrected chi connectivity index (χ3v) is 3.67. The minimum absolute atomic E-state index is 0.0570. The maximum Gasteiger partial charge on any atom is 0.270 e. The van der Waals surface area contributed by atoms with Gasteiger partial charge in [0.05, 0.1) is 16.2 Å². The Morgan fingerprint density at radius 1 is 1.55 bits per heavy atom. The van der Waals surface area contributed by atoms with Gasteiger partial charge in [-0.3, -0.25) is 10.1 Å². The molecule has 0 radical (unpaired) electrons. The standard InChI is InChI=1S/C14H18N4O2/c1-17(2)14(10-3-4-10)9-16-13-6-5-12(18(19)20)7-11(13)8-15/h5-7,10,14,16H,3-4,9H2,1-2H3. The van der Waals surface area contributed by atoms with Crippen LogP contribution in [0, 0.1) is 27.4 Å². The molecular formula is C14H18N4O2. The molecule has 1 aliphatic rings. The van der Waals surface area contributed by atoms with Crippen LogP contribution >= 0.6 is 0 Å². The third kappa shape index (κ3) is 3.25. The second-order valence-electron chi connectivity index (χ2n) is 5.35. The molecule has 0 spiro atoms. The van der Waals surface area contributed by atoms with E-state index in [1.807, 2.05) is 20.2 Å². The summed E-state index contributed by atoms with van der Waals surface area (Å²) in [4.78, 5) is 12.4. The molecule has 2 rings (SSSR count). The molecule has 0 amide bonds. The summed E-state index contributed by atoms with van der Waals surface area (Å²) in [6, 6.07) is 6.77. The quantitative estimate of drug-likeness (QED) is 0.635. The van der Waals surface area contributed by atoms with Crippen molar-refractivity contribution in [3.63, 3.8) is 0 Å². The van der Waals surface area contributed by atoms with Crippen LogP contribution in [0.1, 0.15) is 18.4 Å². The number of nitriles is 1. The van der Waals surface area contributed by atoms with Gasteiger partial charge in [-0.05, 0) is 38.9 Å². The number of anilines is 1. The van der Waals surface area contributed by atoms with Crippen molar-refractivity contribution in [1.82, 2.24) is 4.90 Å². The Labute approximate surface area is 118 Å². The Morgan fingerprint density at radius 3 is 2.75 bits per heavy atom. The average molecular weight is 274 g/mol. The van der Waals surface area contributed by atoms with Gasteiger partial charge in [0.1, 0.15) is 6.07 Å². The van der Waals surface area contributed by atoms with E-state index in [0.29, 0.717) is 23.2 Å². The second-order valence-corrected chi connectivity index (χ2v) is 5.35. The van der Waals surface area contributed by atoms with Crippen LogP contribution < -0.4 is 5.32 Å². The lowest BCUT2D eigenvalue weighted by Gasteiger charge is -2.25. The van der Waals surface area contributed by atoms with Gasteiger partial charge in [0.25, 0.3) is 5.69 Å². The number of hydrogen-bond acceptors (Lipinski definition) is 5. The Bertz CT molecular complexity index is 545. The zero-order valence-corrected chi connectivity index (χ0v) is 11.7. The minimum atomic E-state index is -0.489. The Morgan fingerprint density at radius 2 is 2.25 bits per heavy atom. The van der Waals surface area contributed by atoms with Crippen molar-refractivity contribution < 1.29 is 4.92 Å². The zero-order chi connectivity index (χ0) is 14.7. The van der Waals surface area contributed by atoms with Gasteiger partial charge in [-0.15, -0.1) is 0 Å². The van der Waals surface area contributed by atoms with Crippen LogP contribution in [0.5, 0.6) is 0 Å². The van der Waals surface area contributed by atoms with Crippen molar-refractivity contribution in [2.45, 2.75) is 18.9 Å². The fourth-order valence-electron chi connectivity index (χ4n) is 2.36. The largest absolute Gasteiger partial charge is 0.382 e. The molecule has 106 valence electrons. The monoisotopic (exact) mass is 274 g/mol. The summed E-state index contributed by atoms with van der Waals surface area (Å²) in [6.07, 6.45) is 2.49. The topological polar surface area (TPSA) is 82.2 Å². The number of nitro benzene ring substituents is 1. The van der Waals surface area contributed by atoms with E-state index in [1.54, 1.807) is 6.07 Å². The second kappa shape index (κ2) is 5.88. The number of rotatable bonds is 6. The van der Waals surface area contributed by atoms with E-state index in [9.17, 15) is 10.1 Å². The van der Waals surface area contributed by atoms with Crippen molar-refractivity contribution in [2.75, 3.05) is 26.0 Å². The van der Waals surface area contributed by atoms with Crippen LogP contribution in [0.4, 0.5) is 11.4 Å². The summed E-state index contributed by atoms with van der Waals surface area (Å²) >= 11 is 0. The smallest absolute Gasteiger partial charge is 0.270 e. The molecule has 6 nitrogen and oxygen atoms in total. The van der Waals surface area contributed by atoms with E-state index in [-0.39, 0.29) is 5.69 Å². The van der Waals surface area contributed by atoms with E-state index in [4.69, 9.17) is 5.26 Å². The van der Waals surface area contributed by atoms with Crippen molar-refractivity contribution in [1.29, 1.82) is 5.26 Å². The van der Waals surface area contributed by atoms with Crippen LogP contribution in [-0.4, -0.2) is 36.5 Å². The molecule has 1 N–H and O–H groups in total. The van der Waals surface area contributed by atoms with Crippen LogP contribution in [0.3, 0.4) is 0 Å². The molecule has 6 heteroatoms. The molecule has 0 heterocycles. The molecule has 1 atom stereocenters. The van der Waals surface area contributed by atoms with Gasteiger partial charge in [0.2, 0.25) is 0 Å². The van der Waals surface area contributed by atoms with E-state index >= 15 is 0 Å². The van der Waals surface area contributed by atoms with Crippen LogP contribution in [0.15, 0.2) is 18.2 Å². The zero-order valence-electron chi connectivity index (χ0n) is 11.7.